The number of nitrogens with zero attached hydrogens (tertiary/aromatic N) is 2. The summed E-state index contributed by atoms with van der Waals surface area (Å²) in [6, 6.07) is 7.90. The van der Waals surface area contributed by atoms with E-state index in [2.05, 4.69) is 20.6 Å². The molecule has 3 rings (SSSR count). The Kier molecular flexibility index (Phi) is 4.77. The summed E-state index contributed by atoms with van der Waals surface area (Å²) < 4.78 is 12.8. The van der Waals surface area contributed by atoms with Crippen LogP contribution in [-0.2, 0) is 11.2 Å². The number of carbonyl (C=O) groups excluding carboxylic acids is 1. The Labute approximate surface area is 136 Å². The number of aromatic nitrogens is 2. The van der Waals surface area contributed by atoms with Gasteiger partial charge in [0.25, 0.3) is 0 Å². The summed E-state index contributed by atoms with van der Waals surface area (Å²) in [6.07, 6.45) is 1.76. The molecule has 1 aromatic carbocycles. The van der Waals surface area contributed by atoms with Gasteiger partial charge in [0.1, 0.15) is 22.8 Å². The first-order valence-corrected chi connectivity index (χ1v) is 8.03. The fraction of sp³-hybridized carbons (Fsp3) is 0.188. The lowest BCUT2D eigenvalue weighted by Gasteiger charge is -2.08. The third-order valence-electron chi connectivity index (χ3n) is 3.28. The zero-order valence-electron chi connectivity index (χ0n) is 12.3. The normalized spacial score (nSPS) is 10.7. The zero-order chi connectivity index (χ0) is 16.1. The molecule has 2 heterocycles. The minimum atomic E-state index is -0.303. The number of fused-ring (bicyclic) bond motifs is 1. The minimum absolute atomic E-state index is 0.0956. The molecule has 5 nitrogen and oxygen atoms in total. The van der Waals surface area contributed by atoms with Gasteiger partial charge >= 0.3 is 0 Å². The summed E-state index contributed by atoms with van der Waals surface area (Å²) in [7, 11) is 0. The average Bonchev–Trinajstić information content (AvgIpc) is 3.03. The molecule has 7 heteroatoms. The Hall–Kier alpha value is -2.54. The van der Waals surface area contributed by atoms with Gasteiger partial charge in [-0.25, -0.2) is 14.4 Å². The van der Waals surface area contributed by atoms with E-state index in [4.69, 9.17) is 0 Å². The molecule has 23 heavy (non-hydrogen) atoms. The predicted molar refractivity (Wildman–Crippen MR) is 89.0 cm³/mol. The van der Waals surface area contributed by atoms with Crippen molar-refractivity contribution in [2.75, 3.05) is 18.4 Å². The molecule has 0 fully saturated rings. The fourth-order valence-corrected chi connectivity index (χ4v) is 2.90. The quantitative estimate of drug-likeness (QED) is 0.682. The second-order valence-corrected chi connectivity index (χ2v) is 5.84. The summed E-state index contributed by atoms with van der Waals surface area (Å²) in [5, 5.41) is 8.96. The summed E-state index contributed by atoms with van der Waals surface area (Å²) >= 11 is 1.56. The van der Waals surface area contributed by atoms with Gasteiger partial charge in [0.05, 0.1) is 11.8 Å². The maximum absolute atomic E-state index is 12.8. The van der Waals surface area contributed by atoms with Crippen LogP contribution in [0.4, 0.5) is 10.2 Å². The monoisotopic (exact) mass is 330 g/mol. The van der Waals surface area contributed by atoms with Crippen LogP contribution < -0.4 is 10.6 Å². The minimum Gasteiger partial charge on any atom is -0.368 e. The topological polar surface area (TPSA) is 66.9 Å². The molecule has 3 aromatic rings. The number of hydrogen-bond donors (Lipinski definition) is 2. The lowest BCUT2D eigenvalue weighted by molar-refractivity contribution is -0.120. The molecule has 2 N–H and O–H groups in total. The van der Waals surface area contributed by atoms with Crippen LogP contribution in [0.5, 0.6) is 0 Å². The lowest BCUT2D eigenvalue weighted by atomic mass is 10.1. The third-order valence-corrected chi connectivity index (χ3v) is 4.10. The molecule has 0 aliphatic carbocycles. The first-order chi connectivity index (χ1) is 11.2. The van der Waals surface area contributed by atoms with Crippen LogP contribution >= 0.6 is 11.3 Å². The van der Waals surface area contributed by atoms with Gasteiger partial charge in [0.15, 0.2) is 0 Å². The molecule has 0 aliphatic rings. The molecule has 2 aromatic heterocycles. The van der Waals surface area contributed by atoms with Gasteiger partial charge in [-0.3, -0.25) is 4.79 Å². The summed E-state index contributed by atoms with van der Waals surface area (Å²) in [5.41, 5.74) is 0.785. The van der Waals surface area contributed by atoms with Crippen LogP contribution in [0.2, 0.25) is 0 Å². The Morgan fingerprint density at radius 2 is 1.96 bits per heavy atom. The van der Waals surface area contributed by atoms with Crippen LogP contribution in [0.15, 0.2) is 42.0 Å². The number of anilines is 1. The maximum atomic E-state index is 12.8. The van der Waals surface area contributed by atoms with Crippen LogP contribution in [0, 0.1) is 5.82 Å². The Morgan fingerprint density at radius 1 is 1.13 bits per heavy atom. The van der Waals surface area contributed by atoms with E-state index in [9.17, 15) is 9.18 Å². The molecule has 0 bridgehead atoms. The van der Waals surface area contributed by atoms with E-state index in [1.807, 2.05) is 11.4 Å². The molecule has 0 atom stereocenters. The number of thiophene rings is 1. The highest BCUT2D eigenvalue weighted by Crippen LogP contribution is 2.23. The maximum Gasteiger partial charge on any atom is 0.224 e. The second kappa shape index (κ2) is 7.15. The summed E-state index contributed by atoms with van der Waals surface area (Å²) in [4.78, 5) is 21.1. The van der Waals surface area contributed by atoms with Gasteiger partial charge in [-0.1, -0.05) is 12.1 Å². The molecule has 0 unspecified atom stereocenters. The van der Waals surface area contributed by atoms with Crippen molar-refractivity contribution < 1.29 is 9.18 Å². The highest BCUT2D eigenvalue weighted by molar-refractivity contribution is 7.16. The second-order valence-electron chi connectivity index (χ2n) is 4.94. The van der Waals surface area contributed by atoms with Crippen molar-refractivity contribution in [3.8, 4) is 0 Å². The van der Waals surface area contributed by atoms with E-state index in [1.165, 1.54) is 18.5 Å². The van der Waals surface area contributed by atoms with Gasteiger partial charge in [-0.05, 0) is 29.1 Å². The molecule has 0 spiro atoms. The van der Waals surface area contributed by atoms with Crippen LogP contribution in [0.25, 0.3) is 10.2 Å². The standard InChI is InChI=1S/C16H15FN4OS/c17-12-3-1-11(2-4-12)9-14(22)18-6-7-19-15-13-5-8-23-16(13)21-10-20-15/h1-5,8,10H,6-7,9H2,(H,18,22)(H,19,20,21). The number of nitrogens with one attached hydrogen (secondary N) is 2. The average molecular weight is 330 g/mol. The molecular weight excluding hydrogens is 315 g/mol. The SMILES string of the molecule is O=C(Cc1ccc(F)cc1)NCCNc1ncnc2sccc12. The van der Waals surface area contributed by atoms with Gasteiger partial charge < -0.3 is 10.6 Å². The Morgan fingerprint density at radius 3 is 2.78 bits per heavy atom. The van der Waals surface area contributed by atoms with Crippen molar-refractivity contribution in [3.63, 3.8) is 0 Å². The Balaban J connectivity index is 1.45. The number of amides is 1. The Bertz CT molecular complexity index is 803. The van der Waals surface area contributed by atoms with Crippen molar-refractivity contribution >= 4 is 33.3 Å². The molecule has 0 saturated carbocycles. The fourth-order valence-electron chi connectivity index (χ4n) is 2.16. The molecule has 0 radical (unpaired) electrons. The number of halogens is 1. The number of rotatable bonds is 6. The van der Waals surface area contributed by atoms with Gasteiger partial charge in [-0.15, -0.1) is 11.3 Å². The number of hydrogen-bond acceptors (Lipinski definition) is 5. The highest BCUT2D eigenvalue weighted by atomic mass is 32.1. The van der Waals surface area contributed by atoms with Crippen LogP contribution in [0.1, 0.15) is 5.56 Å². The smallest absolute Gasteiger partial charge is 0.224 e. The van der Waals surface area contributed by atoms with Crippen LogP contribution in [-0.4, -0.2) is 29.0 Å². The third kappa shape index (κ3) is 4.01. The first-order valence-electron chi connectivity index (χ1n) is 7.15. The molecular formula is C16H15FN4OS. The first kappa shape index (κ1) is 15.4. The van der Waals surface area contributed by atoms with Gasteiger partial charge in [-0.2, -0.15) is 0 Å². The van der Waals surface area contributed by atoms with Crippen molar-refractivity contribution in [2.45, 2.75) is 6.42 Å². The molecule has 1 amide bonds. The van der Waals surface area contributed by atoms with E-state index in [1.54, 1.807) is 23.5 Å². The summed E-state index contributed by atoms with van der Waals surface area (Å²) in [6.45, 7) is 1.05. The van der Waals surface area contributed by atoms with Gasteiger partial charge in [0.2, 0.25) is 5.91 Å². The number of benzene rings is 1. The molecule has 118 valence electrons. The van der Waals surface area contributed by atoms with E-state index in [0.717, 1.165) is 21.6 Å². The van der Waals surface area contributed by atoms with E-state index in [0.29, 0.717) is 13.1 Å². The van der Waals surface area contributed by atoms with Crippen LogP contribution in [0.3, 0.4) is 0 Å². The van der Waals surface area contributed by atoms with Crippen molar-refractivity contribution in [3.05, 3.63) is 53.4 Å². The molecule has 0 aliphatic heterocycles. The highest BCUT2D eigenvalue weighted by Gasteiger charge is 2.05. The lowest BCUT2D eigenvalue weighted by Crippen LogP contribution is -2.30. The van der Waals surface area contributed by atoms with E-state index in [-0.39, 0.29) is 18.1 Å². The van der Waals surface area contributed by atoms with Crippen molar-refractivity contribution in [2.24, 2.45) is 0 Å². The van der Waals surface area contributed by atoms with E-state index < -0.39 is 0 Å². The van der Waals surface area contributed by atoms with Gasteiger partial charge in [0, 0.05) is 13.1 Å². The van der Waals surface area contributed by atoms with E-state index >= 15 is 0 Å². The van der Waals surface area contributed by atoms with Crippen molar-refractivity contribution in [1.82, 2.24) is 15.3 Å². The molecule has 0 saturated heterocycles. The predicted octanol–water partition coefficient (Wildman–Crippen LogP) is 2.60. The number of carbonyl (C=O) groups is 1. The summed E-state index contributed by atoms with van der Waals surface area (Å²) in [5.74, 6) is 0.369. The zero-order valence-corrected chi connectivity index (χ0v) is 13.1. The van der Waals surface area contributed by atoms with Crippen molar-refractivity contribution in [1.29, 1.82) is 0 Å². The largest absolute Gasteiger partial charge is 0.368 e.